The zero-order chi connectivity index (χ0) is 13.6. The molecule has 0 atom stereocenters. The van der Waals surface area contributed by atoms with Crippen molar-refractivity contribution < 1.29 is 13.9 Å². The number of primary amides is 1. The van der Waals surface area contributed by atoms with Crippen LogP contribution in [0, 0.1) is 0 Å². The van der Waals surface area contributed by atoms with Crippen LogP contribution in [0.4, 0.5) is 10.8 Å². The van der Waals surface area contributed by atoms with Gasteiger partial charge >= 0.3 is 12.1 Å². The largest absolute Gasteiger partial charge is 0.448 e. The van der Waals surface area contributed by atoms with Gasteiger partial charge in [-0.15, -0.1) is 5.10 Å². The first-order valence-corrected chi connectivity index (χ1v) is 5.60. The lowest BCUT2D eigenvalue weighted by Crippen LogP contribution is -2.35. The smallest absolute Gasteiger partial charge is 0.404 e. The molecule has 18 heavy (non-hydrogen) atoms. The van der Waals surface area contributed by atoms with Crippen molar-refractivity contribution in [3.05, 3.63) is 5.89 Å². The summed E-state index contributed by atoms with van der Waals surface area (Å²) in [7, 11) is 0. The number of carbonyl (C=O) groups is 1. The number of rotatable bonds is 6. The van der Waals surface area contributed by atoms with Crippen LogP contribution in [-0.4, -0.2) is 35.0 Å². The van der Waals surface area contributed by atoms with Crippen LogP contribution >= 0.6 is 0 Å². The Morgan fingerprint density at radius 2 is 2.17 bits per heavy atom. The molecule has 4 N–H and O–H groups in total. The van der Waals surface area contributed by atoms with Gasteiger partial charge in [0.05, 0.1) is 13.1 Å². The van der Waals surface area contributed by atoms with Gasteiger partial charge in [-0.2, -0.15) is 0 Å². The Kier molecular flexibility index (Phi) is 4.90. The molecular formula is C10H19N5O3. The quantitative estimate of drug-likeness (QED) is 0.634. The molecule has 0 unspecified atom stereocenters. The first-order chi connectivity index (χ1) is 8.37. The van der Waals surface area contributed by atoms with Gasteiger partial charge < -0.3 is 25.5 Å². The van der Waals surface area contributed by atoms with E-state index in [9.17, 15) is 4.79 Å². The van der Waals surface area contributed by atoms with E-state index in [1.165, 1.54) is 0 Å². The van der Waals surface area contributed by atoms with Crippen LogP contribution in [0.3, 0.4) is 0 Å². The SMILES string of the molecule is CC(C)(C)NCc1nnc(NCCOC(N)=O)o1. The maximum Gasteiger partial charge on any atom is 0.404 e. The number of anilines is 1. The third kappa shape index (κ3) is 6.04. The van der Waals surface area contributed by atoms with Gasteiger partial charge in [0.2, 0.25) is 5.89 Å². The average Bonchev–Trinajstić information content (AvgIpc) is 2.68. The van der Waals surface area contributed by atoms with Crippen molar-refractivity contribution in [1.82, 2.24) is 15.5 Å². The van der Waals surface area contributed by atoms with E-state index in [0.29, 0.717) is 19.0 Å². The highest BCUT2D eigenvalue weighted by atomic mass is 16.5. The minimum absolute atomic E-state index is 0.0165. The number of nitrogens with two attached hydrogens (primary N) is 1. The van der Waals surface area contributed by atoms with Gasteiger partial charge in [0.15, 0.2) is 0 Å². The lowest BCUT2D eigenvalue weighted by atomic mass is 10.1. The Bertz CT molecular complexity index is 385. The molecular weight excluding hydrogens is 238 g/mol. The maximum atomic E-state index is 10.3. The van der Waals surface area contributed by atoms with E-state index in [2.05, 4.69) is 25.6 Å². The summed E-state index contributed by atoms with van der Waals surface area (Å²) in [5, 5.41) is 13.7. The maximum absolute atomic E-state index is 10.3. The fraction of sp³-hybridized carbons (Fsp3) is 0.700. The molecule has 8 heteroatoms. The zero-order valence-electron chi connectivity index (χ0n) is 10.8. The molecule has 1 heterocycles. The number of hydrogen-bond acceptors (Lipinski definition) is 7. The highest BCUT2D eigenvalue weighted by Crippen LogP contribution is 2.06. The van der Waals surface area contributed by atoms with Crippen molar-refractivity contribution in [2.24, 2.45) is 5.73 Å². The van der Waals surface area contributed by atoms with E-state index in [1.54, 1.807) is 0 Å². The van der Waals surface area contributed by atoms with Crippen LogP contribution in [0.1, 0.15) is 26.7 Å². The van der Waals surface area contributed by atoms with Crippen LogP contribution in [0.15, 0.2) is 4.42 Å². The predicted octanol–water partition coefficient (Wildman–Crippen LogP) is 0.465. The minimum atomic E-state index is -0.808. The molecule has 1 aromatic heterocycles. The lowest BCUT2D eigenvalue weighted by molar-refractivity contribution is 0.161. The Morgan fingerprint density at radius 1 is 1.44 bits per heavy atom. The van der Waals surface area contributed by atoms with Crippen LogP contribution in [0.5, 0.6) is 0 Å². The van der Waals surface area contributed by atoms with Gasteiger partial charge in [-0.25, -0.2) is 4.79 Å². The molecule has 0 saturated heterocycles. The van der Waals surface area contributed by atoms with Gasteiger partial charge in [0, 0.05) is 5.54 Å². The second kappa shape index (κ2) is 6.20. The Balaban J connectivity index is 2.28. The van der Waals surface area contributed by atoms with Gasteiger partial charge in [0.1, 0.15) is 6.61 Å². The summed E-state index contributed by atoms with van der Waals surface area (Å²) in [6, 6.07) is 0.286. The van der Waals surface area contributed by atoms with Crippen molar-refractivity contribution in [1.29, 1.82) is 0 Å². The Hall–Kier alpha value is -1.83. The molecule has 0 bridgehead atoms. The molecule has 0 aliphatic heterocycles. The average molecular weight is 257 g/mol. The van der Waals surface area contributed by atoms with E-state index in [0.717, 1.165) is 0 Å². The molecule has 0 aromatic carbocycles. The summed E-state index contributed by atoms with van der Waals surface area (Å²) < 4.78 is 9.86. The normalized spacial score (nSPS) is 11.3. The van der Waals surface area contributed by atoms with Crippen molar-refractivity contribution in [2.75, 3.05) is 18.5 Å². The molecule has 0 fully saturated rings. The van der Waals surface area contributed by atoms with Crippen molar-refractivity contribution in [3.63, 3.8) is 0 Å². The molecule has 1 amide bonds. The second-order valence-corrected chi connectivity index (χ2v) is 4.70. The first-order valence-electron chi connectivity index (χ1n) is 5.60. The topological polar surface area (TPSA) is 115 Å². The minimum Gasteiger partial charge on any atom is -0.448 e. The monoisotopic (exact) mass is 257 g/mol. The summed E-state index contributed by atoms with van der Waals surface area (Å²) in [4.78, 5) is 10.3. The van der Waals surface area contributed by atoms with E-state index in [4.69, 9.17) is 10.2 Å². The second-order valence-electron chi connectivity index (χ2n) is 4.70. The fourth-order valence-corrected chi connectivity index (χ4v) is 1.05. The molecule has 0 saturated carbocycles. The third-order valence-electron chi connectivity index (χ3n) is 1.86. The summed E-state index contributed by atoms with van der Waals surface area (Å²) in [6.45, 7) is 7.14. The first kappa shape index (κ1) is 14.2. The van der Waals surface area contributed by atoms with Crippen LogP contribution in [0.25, 0.3) is 0 Å². The van der Waals surface area contributed by atoms with Crippen molar-refractivity contribution in [3.8, 4) is 0 Å². The number of carbonyl (C=O) groups excluding carboxylic acids is 1. The van der Waals surface area contributed by atoms with E-state index < -0.39 is 6.09 Å². The van der Waals surface area contributed by atoms with Gasteiger partial charge in [-0.1, -0.05) is 5.10 Å². The van der Waals surface area contributed by atoms with Crippen LogP contribution in [0.2, 0.25) is 0 Å². The Morgan fingerprint density at radius 3 is 2.78 bits per heavy atom. The highest BCUT2D eigenvalue weighted by molar-refractivity contribution is 5.64. The number of nitrogens with zero attached hydrogens (tertiary/aromatic N) is 2. The zero-order valence-corrected chi connectivity index (χ0v) is 10.8. The lowest BCUT2D eigenvalue weighted by Gasteiger charge is -2.18. The van der Waals surface area contributed by atoms with Crippen molar-refractivity contribution >= 4 is 12.1 Å². The predicted molar refractivity (Wildman–Crippen MR) is 64.9 cm³/mol. The molecule has 1 aromatic rings. The highest BCUT2D eigenvalue weighted by Gasteiger charge is 2.11. The van der Waals surface area contributed by atoms with Gasteiger partial charge in [-0.05, 0) is 20.8 Å². The number of nitrogens with one attached hydrogen (secondary N) is 2. The fourth-order valence-electron chi connectivity index (χ4n) is 1.05. The Labute approximate surface area is 105 Å². The molecule has 0 spiro atoms. The summed E-state index contributed by atoms with van der Waals surface area (Å²) >= 11 is 0. The summed E-state index contributed by atoms with van der Waals surface area (Å²) in [5.41, 5.74) is 4.79. The van der Waals surface area contributed by atoms with Gasteiger partial charge in [0.25, 0.3) is 0 Å². The molecule has 1 rings (SSSR count). The molecule has 0 radical (unpaired) electrons. The molecule has 0 aliphatic rings. The van der Waals surface area contributed by atoms with E-state index >= 15 is 0 Å². The van der Waals surface area contributed by atoms with Gasteiger partial charge in [-0.3, -0.25) is 0 Å². The van der Waals surface area contributed by atoms with Crippen LogP contribution in [-0.2, 0) is 11.3 Å². The van der Waals surface area contributed by atoms with E-state index in [-0.39, 0.29) is 18.2 Å². The summed E-state index contributed by atoms with van der Waals surface area (Å²) in [6.07, 6.45) is -0.808. The molecule has 102 valence electrons. The number of hydrogen-bond donors (Lipinski definition) is 3. The number of aromatic nitrogens is 2. The molecule has 8 nitrogen and oxygen atoms in total. The van der Waals surface area contributed by atoms with Crippen molar-refractivity contribution in [2.45, 2.75) is 32.9 Å². The number of ether oxygens (including phenoxy) is 1. The standard InChI is InChI=1S/C10H19N5O3/c1-10(2,3)13-6-7-14-15-9(18-7)12-4-5-17-8(11)16/h13H,4-6H2,1-3H3,(H2,11,16)(H,12,15). The molecule has 0 aliphatic carbocycles. The number of amides is 1. The summed E-state index contributed by atoms with van der Waals surface area (Å²) in [5.74, 6) is 0.489. The van der Waals surface area contributed by atoms with Crippen LogP contribution < -0.4 is 16.4 Å². The third-order valence-corrected chi connectivity index (χ3v) is 1.86. The van der Waals surface area contributed by atoms with E-state index in [1.807, 2.05) is 20.8 Å².